The van der Waals surface area contributed by atoms with Gasteiger partial charge < -0.3 is 10.2 Å². The van der Waals surface area contributed by atoms with Gasteiger partial charge in [0.25, 0.3) is 0 Å². The molecular weight excluding hydrogens is 297 g/mol. The molecule has 1 unspecified atom stereocenters. The minimum absolute atomic E-state index is 0.0141. The van der Waals surface area contributed by atoms with Crippen molar-refractivity contribution < 1.29 is 23.0 Å². The summed E-state index contributed by atoms with van der Waals surface area (Å²) in [4.78, 5) is -0.413. The van der Waals surface area contributed by atoms with Crippen molar-refractivity contribution in [2.75, 3.05) is 19.7 Å². The molecule has 0 saturated carbocycles. The summed E-state index contributed by atoms with van der Waals surface area (Å²) >= 11 is 0. The lowest BCUT2D eigenvalue weighted by atomic mass is 10.2. The van der Waals surface area contributed by atoms with Crippen LogP contribution in [0.5, 0.6) is 0 Å². The number of rotatable bonds is 3. The number of β-amino-alcohol motifs (C(OH)–C–C–N with tert-alkyl or cyclic N) is 1. The molecule has 2 N–H and O–H groups in total. The maximum atomic E-state index is 14.0. The highest BCUT2D eigenvalue weighted by Gasteiger charge is 2.33. The van der Waals surface area contributed by atoms with Gasteiger partial charge in [0, 0.05) is 25.1 Å². The highest BCUT2D eigenvalue weighted by Crippen LogP contribution is 2.23. The second-order valence-corrected chi connectivity index (χ2v) is 6.63. The fourth-order valence-electron chi connectivity index (χ4n) is 2.08. The molecule has 21 heavy (non-hydrogen) atoms. The van der Waals surface area contributed by atoms with E-state index in [1.165, 1.54) is 12.1 Å². The van der Waals surface area contributed by atoms with E-state index in [0.717, 1.165) is 10.4 Å². The first-order valence-electron chi connectivity index (χ1n) is 6.52. The number of hydrogen-bond acceptors (Lipinski definition) is 4. The molecule has 1 fully saturated rings. The van der Waals surface area contributed by atoms with Crippen molar-refractivity contribution in [3.63, 3.8) is 0 Å². The third-order valence-electron chi connectivity index (χ3n) is 3.15. The van der Waals surface area contributed by atoms with E-state index in [1.54, 1.807) is 0 Å². The van der Waals surface area contributed by atoms with Crippen LogP contribution >= 0.6 is 0 Å². The van der Waals surface area contributed by atoms with Crippen LogP contribution < -0.4 is 0 Å². The zero-order valence-corrected chi connectivity index (χ0v) is 12.1. The molecule has 2 rings (SSSR count). The lowest BCUT2D eigenvalue weighted by molar-refractivity contribution is 0.189. The highest BCUT2D eigenvalue weighted by atomic mass is 32.2. The van der Waals surface area contributed by atoms with Crippen LogP contribution in [-0.2, 0) is 10.0 Å². The summed E-state index contributed by atoms with van der Waals surface area (Å²) in [6.45, 7) is 0.0834. The lowest BCUT2D eigenvalue weighted by Crippen LogP contribution is -2.30. The molecule has 0 amide bonds. The summed E-state index contributed by atoms with van der Waals surface area (Å²) in [7, 11) is -3.93. The summed E-state index contributed by atoms with van der Waals surface area (Å²) in [5, 5.41) is 18.0. The number of aliphatic hydroxyl groups excluding tert-OH is 2. The Hall–Kier alpha value is -1.46. The minimum Gasteiger partial charge on any atom is -0.395 e. The summed E-state index contributed by atoms with van der Waals surface area (Å²) in [5.74, 6) is 4.41. The first-order chi connectivity index (χ1) is 9.95. The molecule has 0 aliphatic carbocycles. The normalized spacial score (nSPS) is 19.3. The van der Waals surface area contributed by atoms with E-state index in [-0.39, 0.29) is 26.1 Å². The van der Waals surface area contributed by atoms with Gasteiger partial charge in [0.2, 0.25) is 10.0 Å². The van der Waals surface area contributed by atoms with Gasteiger partial charge in [0.05, 0.1) is 12.7 Å². The number of hydrogen-bond donors (Lipinski definition) is 2. The van der Waals surface area contributed by atoms with Crippen LogP contribution in [0.2, 0.25) is 0 Å². The number of halogens is 1. The van der Waals surface area contributed by atoms with Gasteiger partial charge in [0.1, 0.15) is 10.7 Å². The third-order valence-corrected chi connectivity index (χ3v) is 5.04. The van der Waals surface area contributed by atoms with Gasteiger partial charge in [-0.05, 0) is 24.6 Å². The fourth-order valence-corrected chi connectivity index (χ4v) is 3.61. The van der Waals surface area contributed by atoms with Gasteiger partial charge in [-0.2, -0.15) is 4.31 Å². The largest absolute Gasteiger partial charge is 0.395 e. The van der Waals surface area contributed by atoms with Gasteiger partial charge in [-0.1, -0.05) is 11.8 Å². The molecule has 1 heterocycles. The van der Waals surface area contributed by atoms with Gasteiger partial charge in [0.15, 0.2) is 0 Å². The van der Waals surface area contributed by atoms with Gasteiger partial charge in [-0.25, -0.2) is 12.8 Å². The Bertz CT molecular complexity index is 678. The predicted octanol–water partition coefficient (Wildman–Crippen LogP) is 0.315. The second kappa shape index (κ2) is 6.54. The Labute approximate surface area is 123 Å². The van der Waals surface area contributed by atoms with Crippen molar-refractivity contribution in [2.24, 2.45) is 0 Å². The van der Waals surface area contributed by atoms with E-state index in [1.807, 2.05) is 0 Å². The lowest BCUT2D eigenvalue weighted by Gasteiger charge is -2.16. The summed E-state index contributed by atoms with van der Waals surface area (Å²) < 4.78 is 39.7. The molecular formula is C14H16FNO4S. The summed E-state index contributed by atoms with van der Waals surface area (Å²) in [6, 6.07) is 3.66. The third kappa shape index (κ3) is 3.60. The SMILES string of the molecule is O=S(=O)(c1ccc(C#CCCO)cc1F)N1CCC(O)C1. The van der Waals surface area contributed by atoms with Crippen molar-refractivity contribution in [1.82, 2.24) is 4.31 Å². The van der Waals surface area contributed by atoms with Crippen molar-refractivity contribution in [3.8, 4) is 11.8 Å². The van der Waals surface area contributed by atoms with E-state index in [4.69, 9.17) is 5.11 Å². The van der Waals surface area contributed by atoms with Crippen molar-refractivity contribution in [3.05, 3.63) is 29.6 Å². The van der Waals surface area contributed by atoms with Crippen LogP contribution in [0.1, 0.15) is 18.4 Å². The molecule has 1 aliphatic heterocycles. The van der Waals surface area contributed by atoms with E-state index in [0.29, 0.717) is 12.0 Å². The molecule has 1 aromatic rings. The number of benzene rings is 1. The molecule has 0 spiro atoms. The van der Waals surface area contributed by atoms with Crippen molar-refractivity contribution in [2.45, 2.75) is 23.8 Å². The van der Waals surface area contributed by atoms with Crippen LogP contribution in [-0.4, -0.2) is 48.7 Å². The minimum atomic E-state index is -3.93. The standard InChI is InChI=1S/C14H16FNO4S/c15-13-9-11(3-1-2-8-17)4-5-14(13)21(19,20)16-7-6-12(18)10-16/h4-5,9,12,17-18H,2,6-8,10H2. The molecule has 114 valence electrons. The molecule has 1 saturated heterocycles. The molecule has 1 aliphatic rings. The first kappa shape index (κ1) is 15.9. The van der Waals surface area contributed by atoms with Crippen molar-refractivity contribution in [1.29, 1.82) is 0 Å². The zero-order chi connectivity index (χ0) is 15.5. The Morgan fingerprint density at radius 2 is 2.19 bits per heavy atom. The summed E-state index contributed by atoms with van der Waals surface area (Å²) in [6.07, 6.45) is -0.0784. The van der Waals surface area contributed by atoms with Crippen molar-refractivity contribution >= 4 is 10.0 Å². The Morgan fingerprint density at radius 3 is 2.76 bits per heavy atom. The van der Waals surface area contributed by atoms with Gasteiger partial charge in [-0.3, -0.25) is 0 Å². The van der Waals surface area contributed by atoms with Gasteiger partial charge >= 0.3 is 0 Å². The molecule has 5 nitrogen and oxygen atoms in total. The molecule has 0 radical (unpaired) electrons. The maximum absolute atomic E-state index is 14.0. The number of sulfonamides is 1. The van der Waals surface area contributed by atoms with E-state index in [9.17, 15) is 17.9 Å². The topological polar surface area (TPSA) is 77.8 Å². The van der Waals surface area contributed by atoms with Crippen LogP contribution in [0, 0.1) is 17.7 Å². The average Bonchev–Trinajstić information content (AvgIpc) is 2.86. The molecule has 1 aromatic carbocycles. The van der Waals surface area contributed by atoms with Crippen LogP contribution in [0.4, 0.5) is 4.39 Å². The smallest absolute Gasteiger partial charge is 0.246 e. The van der Waals surface area contributed by atoms with Crippen LogP contribution in [0.3, 0.4) is 0 Å². The first-order valence-corrected chi connectivity index (χ1v) is 7.96. The summed E-state index contributed by atoms with van der Waals surface area (Å²) in [5.41, 5.74) is 0.348. The Balaban J connectivity index is 2.27. The Kier molecular flexibility index (Phi) is 4.96. The quantitative estimate of drug-likeness (QED) is 0.788. The van der Waals surface area contributed by atoms with E-state index >= 15 is 0 Å². The molecule has 1 atom stereocenters. The average molecular weight is 313 g/mol. The van der Waals surface area contributed by atoms with Gasteiger partial charge in [-0.15, -0.1) is 0 Å². The molecule has 0 aromatic heterocycles. The maximum Gasteiger partial charge on any atom is 0.246 e. The molecule has 0 bridgehead atoms. The number of nitrogens with zero attached hydrogens (tertiary/aromatic N) is 1. The van der Waals surface area contributed by atoms with E-state index < -0.39 is 26.8 Å². The highest BCUT2D eigenvalue weighted by molar-refractivity contribution is 7.89. The monoisotopic (exact) mass is 313 g/mol. The zero-order valence-electron chi connectivity index (χ0n) is 11.3. The number of aliphatic hydroxyl groups is 2. The Morgan fingerprint density at radius 1 is 1.43 bits per heavy atom. The van der Waals surface area contributed by atoms with Crippen LogP contribution in [0.15, 0.2) is 23.1 Å². The van der Waals surface area contributed by atoms with E-state index in [2.05, 4.69) is 11.8 Å². The molecule has 7 heteroatoms. The predicted molar refractivity (Wildman–Crippen MR) is 74.4 cm³/mol. The fraction of sp³-hybridized carbons (Fsp3) is 0.429. The second-order valence-electron chi connectivity index (χ2n) is 4.73. The van der Waals surface area contributed by atoms with Crippen LogP contribution in [0.25, 0.3) is 0 Å².